The highest BCUT2D eigenvalue weighted by atomic mass is 35.5. The van der Waals surface area contributed by atoms with E-state index in [4.69, 9.17) is 16.7 Å². The molecule has 1 N–H and O–H groups in total. The van der Waals surface area contributed by atoms with E-state index < -0.39 is 5.97 Å². The number of hydrogen-bond acceptors (Lipinski definition) is 3. The highest BCUT2D eigenvalue weighted by molar-refractivity contribution is 7.16. The molecule has 0 aliphatic carbocycles. The van der Waals surface area contributed by atoms with E-state index in [0.717, 1.165) is 9.21 Å². The van der Waals surface area contributed by atoms with Crippen molar-refractivity contribution >= 4 is 28.9 Å². The molecule has 2 aromatic heterocycles. The fourth-order valence-corrected chi connectivity index (χ4v) is 2.48. The summed E-state index contributed by atoms with van der Waals surface area (Å²) < 4.78 is 2.33. The summed E-state index contributed by atoms with van der Waals surface area (Å²) in [4.78, 5) is 11.9. The fraction of sp³-hybridized carbons (Fsp3) is 0.200. The summed E-state index contributed by atoms with van der Waals surface area (Å²) in [6, 6.07) is 3.72. The number of carboxylic acids is 1. The highest BCUT2D eigenvalue weighted by Crippen LogP contribution is 2.22. The number of aryl methyl sites for hydroxylation is 1. The molecule has 0 saturated carbocycles. The topological polar surface area (TPSA) is 55.1 Å². The van der Waals surface area contributed by atoms with E-state index in [1.807, 2.05) is 12.1 Å². The van der Waals surface area contributed by atoms with Crippen molar-refractivity contribution in [2.75, 3.05) is 0 Å². The molecule has 84 valence electrons. The van der Waals surface area contributed by atoms with Crippen molar-refractivity contribution in [1.29, 1.82) is 0 Å². The second-order valence-electron chi connectivity index (χ2n) is 3.34. The standard InChI is InChI=1S/C10H9ClN2O2S/c1-6-8(10(14)15)5-13(12-6)4-7-2-3-9(11)16-7/h2-3,5H,4H2,1H3,(H,14,15). The summed E-state index contributed by atoms with van der Waals surface area (Å²) in [7, 11) is 0. The minimum Gasteiger partial charge on any atom is -0.478 e. The van der Waals surface area contributed by atoms with Gasteiger partial charge in [-0.1, -0.05) is 11.6 Å². The number of hydrogen-bond donors (Lipinski definition) is 1. The Labute approximate surface area is 101 Å². The molecule has 2 rings (SSSR count). The molecule has 0 amide bonds. The lowest BCUT2D eigenvalue weighted by atomic mass is 10.3. The maximum atomic E-state index is 10.8. The van der Waals surface area contributed by atoms with Crippen molar-refractivity contribution < 1.29 is 9.90 Å². The van der Waals surface area contributed by atoms with Crippen molar-refractivity contribution in [1.82, 2.24) is 9.78 Å². The third kappa shape index (κ3) is 2.25. The Hall–Kier alpha value is -1.33. The molecular weight excluding hydrogens is 248 g/mol. The average Bonchev–Trinajstić information content (AvgIpc) is 2.73. The first-order valence-corrected chi connectivity index (χ1v) is 5.77. The minimum absolute atomic E-state index is 0.239. The lowest BCUT2D eigenvalue weighted by Crippen LogP contribution is -1.98. The second-order valence-corrected chi connectivity index (χ2v) is 5.14. The van der Waals surface area contributed by atoms with Crippen LogP contribution in [0.3, 0.4) is 0 Å². The maximum absolute atomic E-state index is 10.8. The Kier molecular flexibility index (Phi) is 2.98. The van der Waals surface area contributed by atoms with Crippen LogP contribution in [0.5, 0.6) is 0 Å². The molecule has 2 heterocycles. The monoisotopic (exact) mass is 256 g/mol. The predicted molar refractivity (Wildman–Crippen MR) is 62.4 cm³/mol. The van der Waals surface area contributed by atoms with E-state index in [0.29, 0.717) is 12.2 Å². The number of halogens is 1. The lowest BCUT2D eigenvalue weighted by Gasteiger charge is -1.96. The summed E-state index contributed by atoms with van der Waals surface area (Å²) in [6.07, 6.45) is 1.53. The van der Waals surface area contributed by atoms with Crippen molar-refractivity contribution in [3.63, 3.8) is 0 Å². The number of carboxylic acid groups (broad SMARTS) is 1. The quantitative estimate of drug-likeness (QED) is 0.919. The largest absolute Gasteiger partial charge is 0.478 e. The van der Waals surface area contributed by atoms with Gasteiger partial charge in [0.2, 0.25) is 0 Å². The Morgan fingerprint density at radius 1 is 1.62 bits per heavy atom. The second kappa shape index (κ2) is 4.27. The molecule has 0 radical (unpaired) electrons. The van der Waals surface area contributed by atoms with Gasteiger partial charge in [0, 0.05) is 11.1 Å². The molecule has 0 aliphatic rings. The number of aromatic carboxylic acids is 1. The van der Waals surface area contributed by atoms with E-state index in [-0.39, 0.29) is 5.56 Å². The molecule has 0 fully saturated rings. The van der Waals surface area contributed by atoms with Gasteiger partial charge in [0.15, 0.2) is 0 Å². The van der Waals surface area contributed by atoms with Crippen LogP contribution in [0.2, 0.25) is 4.34 Å². The summed E-state index contributed by atoms with van der Waals surface area (Å²) in [5, 5.41) is 13.0. The number of carbonyl (C=O) groups is 1. The van der Waals surface area contributed by atoms with Crippen LogP contribution in [-0.4, -0.2) is 20.9 Å². The molecule has 6 heteroatoms. The summed E-state index contributed by atoms with van der Waals surface area (Å²) in [5.74, 6) is -0.951. The maximum Gasteiger partial charge on any atom is 0.339 e. The van der Waals surface area contributed by atoms with E-state index in [1.54, 1.807) is 11.6 Å². The van der Waals surface area contributed by atoms with Gasteiger partial charge >= 0.3 is 5.97 Å². The van der Waals surface area contributed by atoms with Gasteiger partial charge in [-0.15, -0.1) is 11.3 Å². The van der Waals surface area contributed by atoms with Crippen molar-refractivity contribution in [3.8, 4) is 0 Å². The van der Waals surface area contributed by atoms with Gasteiger partial charge in [0.25, 0.3) is 0 Å². The zero-order valence-electron chi connectivity index (χ0n) is 8.48. The molecule has 0 bridgehead atoms. The number of rotatable bonds is 3. The smallest absolute Gasteiger partial charge is 0.339 e. The molecule has 2 aromatic rings. The fourth-order valence-electron chi connectivity index (χ4n) is 1.41. The third-order valence-electron chi connectivity index (χ3n) is 2.12. The van der Waals surface area contributed by atoms with Crippen molar-refractivity contribution in [2.45, 2.75) is 13.5 Å². The molecule has 0 atom stereocenters. The summed E-state index contributed by atoms with van der Waals surface area (Å²) in [5.41, 5.74) is 0.762. The molecule has 0 spiro atoms. The first-order chi connectivity index (χ1) is 7.56. The van der Waals surface area contributed by atoms with E-state index in [1.165, 1.54) is 17.5 Å². The number of aromatic nitrogens is 2. The Morgan fingerprint density at radius 3 is 2.88 bits per heavy atom. The molecule has 0 aliphatic heterocycles. The van der Waals surface area contributed by atoms with Gasteiger partial charge in [-0.3, -0.25) is 4.68 Å². The Balaban J connectivity index is 2.22. The third-order valence-corrected chi connectivity index (χ3v) is 3.34. The molecule has 0 aromatic carbocycles. The van der Waals surface area contributed by atoms with E-state index in [2.05, 4.69) is 5.10 Å². The Bertz CT molecular complexity index is 533. The predicted octanol–water partition coefficient (Wildman–Crippen LogP) is 2.65. The van der Waals surface area contributed by atoms with Crippen molar-refractivity contribution in [3.05, 3.63) is 38.8 Å². The van der Waals surface area contributed by atoms with Crippen LogP contribution in [0.15, 0.2) is 18.3 Å². The van der Waals surface area contributed by atoms with Gasteiger partial charge in [-0.05, 0) is 19.1 Å². The van der Waals surface area contributed by atoms with Gasteiger partial charge in [-0.25, -0.2) is 4.79 Å². The first-order valence-electron chi connectivity index (χ1n) is 4.58. The van der Waals surface area contributed by atoms with Crippen LogP contribution in [-0.2, 0) is 6.54 Å². The van der Waals surface area contributed by atoms with Gasteiger partial charge in [-0.2, -0.15) is 5.10 Å². The van der Waals surface area contributed by atoms with E-state index >= 15 is 0 Å². The molecule has 16 heavy (non-hydrogen) atoms. The first kappa shape index (κ1) is 11.2. The molecule has 0 unspecified atom stereocenters. The zero-order valence-corrected chi connectivity index (χ0v) is 10.0. The molecule has 0 saturated heterocycles. The van der Waals surface area contributed by atoms with Crippen LogP contribution < -0.4 is 0 Å². The SMILES string of the molecule is Cc1nn(Cc2ccc(Cl)s2)cc1C(=O)O. The molecular formula is C10H9ClN2O2S. The number of thiophene rings is 1. The summed E-state index contributed by atoms with van der Waals surface area (Å²) in [6.45, 7) is 2.23. The van der Waals surface area contributed by atoms with Crippen LogP contribution in [0, 0.1) is 6.92 Å². The van der Waals surface area contributed by atoms with Gasteiger partial charge in [0.05, 0.1) is 16.6 Å². The average molecular weight is 257 g/mol. The van der Waals surface area contributed by atoms with Gasteiger partial charge < -0.3 is 5.11 Å². The summed E-state index contributed by atoms with van der Waals surface area (Å²) >= 11 is 7.27. The van der Waals surface area contributed by atoms with Crippen LogP contribution in [0.1, 0.15) is 20.9 Å². The van der Waals surface area contributed by atoms with Gasteiger partial charge in [0.1, 0.15) is 5.56 Å². The number of nitrogens with zero attached hydrogens (tertiary/aromatic N) is 2. The molecule has 4 nitrogen and oxygen atoms in total. The van der Waals surface area contributed by atoms with E-state index in [9.17, 15) is 4.79 Å². The minimum atomic E-state index is -0.951. The van der Waals surface area contributed by atoms with Crippen LogP contribution in [0.25, 0.3) is 0 Å². The lowest BCUT2D eigenvalue weighted by molar-refractivity contribution is 0.0696. The highest BCUT2D eigenvalue weighted by Gasteiger charge is 2.12. The van der Waals surface area contributed by atoms with Crippen molar-refractivity contribution in [2.24, 2.45) is 0 Å². The normalized spacial score (nSPS) is 10.6. The Morgan fingerprint density at radius 2 is 2.38 bits per heavy atom. The van der Waals surface area contributed by atoms with Crippen LogP contribution in [0.4, 0.5) is 0 Å². The van der Waals surface area contributed by atoms with Crippen LogP contribution >= 0.6 is 22.9 Å². The zero-order chi connectivity index (χ0) is 11.7.